The summed E-state index contributed by atoms with van der Waals surface area (Å²) in [7, 11) is -2.94. The van der Waals surface area contributed by atoms with Gasteiger partial charge >= 0.3 is 0 Å². The van der Waals surface area contributed by atoms with Crippen LogP contribution in [0.3, 0.4) is 0 Å². The Labute approximate surface area is 285 Å². The number of benzene rings is 2. The summed E-state index contributed by atoms with van der Waals surface area (Å²) in [4.78, 5) is 21.1. The molecule has 0 atom stereocenters. The van der Waals surface area contributed by atoms with E-state index in [0.29, 0.717) is 0 Å². The van der Waals surface area contributed by atoms with E-state index in [1.165, 1.54) is 36.8 Å². The second-order valence-corrected chi connectivity index (χ2v) is 25.0. The third kappa shape index (κ3) is 8.85. The van der Waals surface area contributed by atoms with Crippen LogP contribution in [0.1, 0.15) is 58.9 Å². The largest absolute Gasteiger partial charge is 0.512 e. The van der Waals surface area contributed by atoms with Crippen molar-refractivity contribution in [3.05, 3.63) is 60.1 Å². The molecule has 44 heavy (non-hydrogen) atoms. The molecule has 4 nitrogen and oxygen atoms in total. The van der Waals surface area contributed by atoms with Crippen molar-refractivity contribution in [2.24, 2.45) is 11.8 Å². The van der Waals surface area contributed by atoms with Crippen LogP contribution in [0.25, 0.3) is 32.2 Å². The number of rotatable bonds is 10. The predicted octanol–water partition coefficient (Wildman–Crippen LogP) is 9.58. The Morgan fingerprint density at radius 1 is 0.932 bits per heavy atom. The van der Waals surface area contributed by atoms with Gasteiger partial charge < -0.3 is 5.11 Å². The van der Waals surface area contributed by atoms with Gasteiger partial charge in [-0.05, 0) is 42.7 Å². The minimum Gasteiger partial charge on any atom is -0.512 e. The first-order valence-corrected chi connectivity index (χ1v) is 23.6. The van der Waals surface area contributed by atoms with Crippen LogP contribution in [-0.2, 0) is 24.9 Å². The monoisotopic (exact) mass is 824 g/mol. The van der Waals surface area contributed by atoms with Crippen LogP contribution in [0.5, 0.6) is 0 Å². The van der Waals surface area contributed by atoms with Gasteiger partial charge in [-0.1, -0.05) is 96.1 Å². The Morgan fingerprint density at radius 2 is 1.52 bits per heavy atom. The van der Waals surface area contributed by atoms with Crippen LogP contribution < -0.4 is 9.69 Å². The molecule has 2 aromatic carbocycles. The van der Waals surface area contributed by atoms with Crippen molar-refractivity contribution in [2.75, 3.05) is 0 Å². The molecule has 8 heteroatoms. The summed E-state index contributed by atoms with van der Waals surface area (Å²) >= 11 is 1.90. The molecule has 4 rings (SSSR count). The fourth-order valence-electron chi connectivity index (χ4n) is 5.69. The maximum atomic E-state index is 11.7. The number of carbonyl (C=O) groups is 1. The van der Waals surface area contributed by atoms with E-state index < -0.39 is 16.1 Å². The number of hydrogen-bond acceptors (Lipinski definition) is 5. The number of ketones is 1. The molecule has 241 valence electrons. The Hall–Kier alpha value is -1.97. The number of aromatic nitrogens is 2. The van der Waals surface area contributed by atoms with Crippen LogP contribution in [0.15, 0.2) is 48.5 Å². The van der Waals surface area contributed by atoms with Crippen LogP contribution in [0, 0.1) is 24.8 Å². The third-order valence-corrected chi connectivity index (χ3v) is 15.3. The van der Waals surface area contributed by atoms with Crippen molar-refractivity contribution in [1.82, 2.24) is 9.97 Å². The third-order valence-electron chi connectivity index (χ3n) is 8.31. The molecule has 0 spiro atoms. The second-order valence-electron chi connectivity index (χ2n) is 13.6. The van der Waals surface area contributed by atoms with Gasteiger partial charge in [-0.25, -0.2) is 4.98 Å². The molecule has 0 bridgehead atoms. The number of fused-ring (bicyclic) bond motifs is 2. The average Bonchev–Trinajstić information content (AvgIpc) is 3.30. The molecule has 1 N–H and O–H groups in total. The Morgan fingerprint density at radius 3 is 2.07 bits per heavy atom. The number of aliphatic hydroxyl groups excluding tert-OH is 1. The summed E-state index contributed by atoms with van der Waals surface area (Å²) in [5.41, 5.74) is 4.59. The smallest absolute Gasteiger partial charge is 0.162 e. The van der Waals surface area contributed by atoms with Crippen molar-refractivity contribution < 1.29 is 30.0 Å². The number of aryl methyl sites for hydroxylation is 1. The summed E-state index contributed by atoms with van der Waals surface area (Å²) in [6.45, 7) is 24.7. The number of nitrogens with zero attached hydrogens (tertiary/aromatic N) is 2. The predicted molar refractivity (Wildman–Crippen MR) is 194 cm³/mol. The normalized spacial score (nSPS) is 12.4. The van der Waals surface area contributed by atoms with E-state index in [2.05, 4.69) is 87.6 Å². The maximum absolute atomic E-state index is 11.7. The molecule has 4 aromatic rings. The first-order valence-electron chi connectivity index (χ1n) is 15.8. The molecular formula is C36H51IrN2O2SSi2-. The summed E-state index contributed by atoms with van der Waals surface area (Å²) in [6.07, 6.45) is 6.63. The van der Waals surface area contributed by atoms with E-state index in [-0.39, 0.29) is 43.5 Å². The van der Waals surface area contributed by atoms with Gasteiger partial charge in [0.15, 0.2) is 5.78 Å². The number of hydrogen-bond donors (Lipinski definition) is 1. The molecule has 2 aromatic heterocycles. The van der Waals surface area contributed by atoms with Crippen molar-refractivity contribution in [2.45, 2.75) is 99.6 Å². The van der Waals surface area contributed by atoms with Crippen LogP contribution >= 0.6 is 11.3 Å². The van der Waals surface area contributed by atoms with E-state index in [4.69, 9.17) is 4.98 Å². The van der Waals surface area contributed by atoms with Gasteiger partial charge in [-0.3, -0.25) is 9.78 Å². The molecular weight excluding hydrogens is 773 g/mol. The molecule has 0 amide bonds. The molecule has 2 heterocycles. The summed E-state index contributed by atoms with van der Waals surface area (Å²) < 4.78 is 2.74. The van der Waals surface area contributed by atoms with Crippen molar-refractivity contribution in [3.8, 4) is 11.3 Å². The zero-order valence-corrected chi connectivity index (χ0v) is 33.7. The van der Waals surface area contributed by atoms with Crippen LogP contribution in [0.4, 0.5) is 0 Å². The first kappa shape index (κ1) is 38.2. The summed E-state index contributed by atoms with van der Waals surface area (Å²) in [5, 5.41) is 13.8. The fraction of sp³-hybridized carbons (Fsp3) is 0.472. The average molecular weight is 824 g/mol. The second kappa shape index (κ2) is 16.0. The Bertz CT molecular complexity index is 1590. The molecule has 0 saturated heterocycles. The van der Waals surface area contributed by atoms with E-state index >= 15 is 0 Å². The molecule has 1 radical (unpaired) electrons. The Kier molecular flexibility index (Phi) is 13.9. The topological polar surface area (TPSA) is 63.1 Å². The number of allylic oxidation sites excluding steroid dienone is 2. The van der Waals surface area contributed by atoms with Gasteiger partial charge in [0.25, 0.3) is 0 Å². The molecule has 0 aliphatic heterocycles. The van der Waals surface area contributed by atoms with E-state index in [1.807, 2.05) is 39.0 Å². The van der Waals surface area contributed by atoms with E-state index in [1.54, 1.807) is 6.33 Å². The quantitative estimate of drug-likeness (QED) is 0.0750. The molecule has 0 unspecified atom stereocenters. The van der Waals surface area contributed by atoms with Gasteiger partial charge in [-0.2, -0.15) is 0 Å². The number of thiophene rings is 1. The van der Waals surface area contributed by atoms with Crippen LogP contribution in [-0.4, -0.2) is 37.0 Å². The first-order chi connectivity index (χ1) is 20.2. The zero-order chi connectivity index (χ0) is 32.1. The SMILES string of the molecule is CCC(CC)C(=O)/C=C(\O)C(CC)CC.Cc1c([Si](C)(C)C)sc2c(-c3[c-]c4ccccc4c([Si](C)(C)C)c3)ncnc12.[Ir]. The molecule has 0 saturated carbocycles. The minimum absolute atomic E-state index is 0. The van der Waals surface area contributed by atoms with Gasteiger partial charge in [-0.15, -0.1) is 40.1 Å². The van der Waals surface area contributed by atoms with E-state index in [9.17, 15) is 9.90 Å². The number of aliphatic hydroxyl groups is 1. The van der Waals surface area contributed by atoms with Gasteiger partial charge in [0.05, 0.1) is 27.4 Å². The molecule has 0 aliphatic rings. The van der Waals surface area contributed by atoms with Crippen LogP contribution in [0.2, 0.25) is 39.3 Å². The standard InChI is InChI=1S/C23H27N2SSi2.C13H24O2.Ir/c1-15-20-22(26-23(15)28(5,6)7)21(25-14-24-20)17-12-16-10-8-9-11-18(16)19(13-17)27(2,3)4;1-5-10(6-2)12(14)9-13(15)11(7-3)8-4;/h8-11,13-14H,1-7H3;9-11,14H,5-8H2,1-4H3;/q-1;;/b;12-9-;. The van der Waals surface area contributed by atoms with Gasteiger partial charge in [0, 0.05) is 48.4 Å². The van der Waals surface area contributed by atoms with Crippen molar-refractivity contribution >= 4 is 63.9 Å². The minimum atomic E-state index is -1.52. The summed E-state index contributed by atoms with van der Waals surface area (Å²) in [6, 6.07) is 14.7. The molecule has 0 fully saturated rings. The fourth-order valence-corrected chi connectivity index (χ4v) is 11.1. The van der Waals surface area contributed by atoms with Crippen molar-refractivity contribution in [3.63, 3.8) is 0 Å². The van der Waals surface area contributed by atoms with Gasteiger partial charge in [0.1, 0.15) is 6.33 Å². The van der Waals surface area contributed by atoms with Crippen molar-refractivity contribution in [1.29, 1.82) is 0 Å². The summed E-state index contributed by atoms with van der Waals surface area (Å²) in [5.74, 6) is 0.547. The van der Waals surface area contributed by atoms with Gasteiger partial charge in [0.2, 0.25) is 0 Å². The molecule has 0 aliphatic carbocycles. The number of carbonyl (C=O) groups excluding carboxylic acids is 1. The Balaban J connectivity index is 0.000000363. The zero-order valence-electron chi connectivity index (χ0n) is 28.5. The maximum Gasteiger partial charge on any atom is 0.162 e. The van der Waals surface area contributed by atoms with E-state index in [0.717, 1.165) is 42.5 Å².